The van der Waals surface area contributed by atoms with Crippen molar-refractivity contribution >= 4 is 17.6 Å². The Bertz CT molecular complexity index is 713. The maximum atomic E-state index is 11.8. The van der Waals surface area contributed by atoms with Crippen LogP contribution >= 0.6 is 11.6 Å². The van der Waals surface area contributed by atoms with Gasteiger partial charge in [-0.3, -0.25) is 9.36 Å². The molecule has 0 aliphatic rings. The van der Waals surface area contributed by atoms with Gasteiger partial charge in [0, 0.05) is 36.4 Å². The average molecular weight is 335 g/mol. The number of hydrogen-bond acceptors (Lipinski definition) is 3. The van der Waals surface area contributed by atoms with E-state index in [0.29, 0.717) is 24.7 Å². The summed E-state index contributed by atoms with van der Waals surface area (Å²) < 4.78 is 1.47. The van der Waals surface area contributed by atoms with E-state index in [2.05, 4.69) is 15.6 Å². The quantitative estimate of drug-likeness (QED) is 0.848. The van der Waals surface area contributed by atoms with Gasteiger partial charge in [-0.25, -0.2) is 9.78 Å². The molecule has 1 aromatic carbocycles. The van der Waals surface area contributed by atoms with E-state index in [9.17, 15) is 9.59 Å². The Morgan fingerprint density at radius 1 is 1.26 bits per heavy atom. The summed E-state index contributed by atoms with van der Waals surface area (Å²) in [5.74, 6) is 0. The standard InChI is InChI=1S/C16H19ClN4O2/c1-2-14-9-15(22)21(11-20-14)8-7-18-16(23)19-10-12-3-5-13(17)6-4-12/h3-6,9,11H,2,7-8,10H2,1H3,(H2,18,19,23). The van der Waals surface area contributed by atoms with E-state index in [1.165, 1.54) is 17.0 Å². The first-order valence-corrected chi connectivity index (χ1v) is 7.78. The van der Waals surface area contributed by atoms with Crippen LogP contribution in [0.25, 0.3) is 0 Å². The lowest BCUT2D eigenvalue weighted by Gasteiger charge is -2.09. The highest BCUT2D eigenvalue weighted by Gasteiger charge is 2.02. The molecule has 122 valence electrons. The predicted molar refractivity (Wildman–Crippen MR) is 89.6 cm³/mol. The largest absolute Gasteiger partial charge is 0.336 e. The zero-order chi connectivity index (χ0) is 16.7. The van der Waals surface area contributed by atoms with E-state index < -0.39 is 0 Å². The second-order valence-electron chi connectivity index (χ2n) is 5.00. The summed E-state index contributed by atoms with van der Waals surface area (Å²) in [5.41, 5.74) is 1.61. The molecule has 7 heteroatoms. The summed E-state index contributed by atoms with van der Waals surface area (Å²) in [7, 11) is 0. The van der Waals surface area contributed by atoms with E-state index in [1.807, 2.05) is 19.1 Å². The molecule has 23 heavy (non-hydrogen) atoms. The highest BCUT2D eigenvalue weighted by Crippen LogP contribution is 2.08. The number of urea groups is 1. The molecule has 0 bridgehead atoms. The van der Waals surface area contributed by atoms with Crippen LogP contribution < -0.4 is 16.2 Å². The lowest BCUT2D eigenvalue weighted by molar-refractivity contribution is 0.240. The average Bonchev–Trinajstić information content (AvgIpc) is 2.55. The SMILES string of the molecule is CCc1cc(=O)n(CCNC(=O)NCc2ccc(Cl)cc2)cn1. The third kappa shape index (κ3) is 5.41. The summed E-state index contributed by atoms with van der Waals surface area (Å²) in [6.07, 6.45) is 2.23. The molecule has 2 amide bonds. The Labute approximate surface area is 139 Å². The fourth-order valence-corrected chi connectivity index (χ4v) is 2.09. The van der Waals surface area contributed by atoms with Gasteiger partial charge in [0.05, 0.1) is 6.33 Å². The van der Waals surface area contributed by atoms with Crippen LogP contribution in [-0.2, 0) is 19.5 Å². The van der Waals surface area contributed by atoms with Gasteiger partial charge in [-0.15, -0.1) is 0 Å². The second-order valence-corrected chi connectivity index (χ2v) is 5.44. The van der Waals surface area contributed by atoms with Crippen LogP contribution in [0.15, 0.2) is 41.5 Å². The maximum absolute atomic E-state index is 11.8. The number of halogens is 1. The third-order valence-corrected chi connectivity index (χ3v) is 3.55. The first kappa shape index (κ1) is 17.0. The van der Waals surface area contributed by atoms with Gasteiger partial charge in [-0.2, -0.15) is 0 Å². The lowest BCUT2D eigenvalue weighted by atomic mass is 10.2. The normalized spacial score (nSPS) is 10.3. The Balaban J connectivity index is 1.74. The van der Waals surface area contributed by atoms with Crippen molar-refractivity contribution in [3.63, 3.8) is 0 Å². The van der Waals surface area contributed by atoms with Crippen LogP contribution in [0.4, 0.5) is 4.79 Å². The summed E-state index contributed by atoms with van der Waals surface area (Å²) in [5, 5.41) is 6.11. The number of benzene rings is 1. The zero-order valence-corrected chi connectivity index (χ0v) is 13.6. The van der Waals surface area contributed by atoms with Gasteiger partial charge >= 0.3 is 6.03 Å². The van der Waals surface area contributed by atoms with Crippen molar-refractivity contribution in [3.05, 3.63) is 63.3 Å². The number of hydrogen-bond donors (Lipinski definition) is 2. The molecule has 0 fully saturated rings. The number of carbonyl (C=O) groups excluding carboxylic acids is 1. The van der Waals surface area contributed by atoms with Crippen molar-refractivity contribution < 1.29 is 4.79 Å². The molecule has 2 rings (SSSR count). The van der Waals surface area contributed by atoms with Gasteiger partial charge in [0.15, 0.2) is 0 Å². The summed E-state index contributed by atoms with van der Waals surface area (Å²) in [6, 6.07) is 8.48. The summed E-state index contributed by atoms with van der Waals surface area (Å²) in [6.45, 7) is 3.08. The molecule has 0 atom stereocenters. The maximum Gasteiger partial charge on any atom is 0.315 e. The van der Waals surface area contributed by atoms with E-state index in [0.717, 1.165) is 17.7 Å². The van der Waals surface area contributed by atoms with E-state index in [4.69, 9.17) is 11.6 Å². The van der Waals surface area contributed by atoms with Crippen molar-refractivity contribution in [2.45, 2.75) is 26.4 Å². The van der Waals surface area contributed by atoms with Crippen molar-refractivity contribution in [1.82, 2.24) is 20.2 Å². The van der Waals surface area contributed by atoms with Gasteiger partial charge in [-0.05, 0) is 24.1 Å². The van der Waals surface area contributed by atoms with Crippen molar-refractivity contribution in [1.29, 1.82) is 0 Å². The van der Waals surface area contributed by atoms with Crippen LogP contribution in [-0.4, -0.2) is 22.1 Å². The second kappa shape index (κ2) is 8.33. The predicted octanol–water partition coefficient (Wildman–Crippen LogP) is 1.96. The van der Waals surface area contributed by atoms with Crippen molar-refractivity contribution in [3.8, 4) is 0 Å². The molecule has 1 aromatic heterocycles. The number of nitrogens with one attached hydrogen (secondary N) is 2. The fraction of sp³-hybridized carbons (Fsp3) is 0.312. The Morgan fingerprint density at radius 3 is 2.65 bits per heavy atom. The van der Waals surface area contributed by atoms with E-state index in [1.54, 1.807) is 12.1 Å². The number of amides is 2. The van der Waals surface area contributed by atoms with Crippen LogP contribution in [0.1, 0.15) is 18.2 Å². The number of carbonyl (C=O) groups is 1. The van der Waals surface area contributed by atoms with Crippen LogP contribution in [0, 0.1) is 0 Å². The van der Waals surface area contributed by atoms with Gasteiger partial charge in [0.25, 0.3) is 5.56 Å². The molecule has 1 heterocycles. The van der Waals surface area contributed by atoms with Gasteiger partial charge in [-0.1, -0.05) is 30.7 Å². The highest BCUT2D eigenvalue weighted by atomic mass is 35.5. The van der Waals surface area contributed by atoms with Gasteiger partial charge < -0.3 is 10.6 Å². The molecule has 0 spiro atoms. The first-order valence-electron chi connectivity index (χ1n) is 7.40. The molecular weight excluding hydrogens is 316 g/mol. The third-order valence-electron chi connectivity index (χ3n) is 3.30. The van der Waals surface area contributed by atoms with E-state index >= 15 is 0 Å². The van der Waals surface area contributed by atoms with Crippen LogP contribution in [0.5, 0.6) is 0 Å². The topological polar surface area (TPSA) is 76.0 Å². The molecule has 0 unspecified atom stereocenters. The van der Waals surface area contributed by atoms with E-state index in [-0.39, 0.29) is 11.6 Å². The Kier molecular flexibility index (Phi) is 6.17. The minimum absolute atomic E-state index is 0.111. The minimum atomic E-state index is -0.286. The zero-order valence-electron chi connectivity index (χ0n) is 12.9. The number of nitrogens with zero attached hydrogens (tertiary/aromatic N) is 2. The van der Waals surface area contributed by atoms with Crippen LogP contribution in [0.2, 0.25) is 5.02 Å². The molecule has 6 nitrogen and oxygen atoms in total. The molecule has 0 aliphatic heterocycles. The Morgan fingerprint density at radius 2 is 2.00 bits per heavy atom. The van der Waals surface area contributed by atoms with Crippen LogP contribution in [0.3, 0.4) is 0 Å². The molecule has 0 saturated carbocycles. The highest BCUT2D eigenvalue weighted by molar-refractivity contribution is 6.30. The number of aryl methyl sites for hydroxylation is 1. The molecule has 2 N–H and O–H groups in total. The smallest absolute Gasteiger partial charge is 0.315 e. The van der Waals surface area contributed by atoms with Crippen molar-refractivity contribution in [2.24, 2.45) is 0 Å². The van der Waals surface area contributed by atoms with Gasteiger partial charge in [0.1, 0.15) is 0 Å². The Hall–Kier alpha value is -2.34. The molecule has 0 saturated heterocycles. The number of rotatable bonds is 6. The fourth-order valence-electron chi connectivity index (χ4n) is 1.96. The summed E-state index contributed by atoms with van der Waals surface area (Å²) in [4.78, 5) is 27.7. The molecule has 2 aromatic rings. The monoisotopic (exact) mass is 334 g/mol. The molecule has 0 radical (unpaired) electrons. The van der Waals surface area contributed by atoms with Gasteiger partial charge in [0.2, 0.25) is 0 Å². The minimum Gasteiger partial charge on any atom is -0.336 e. The summed E-state index contributed by atoms with van der Waals surface area (Å²) >= 11 is 5.80. The molecule has 0 aliphatic carbocycles. The van der Waals surface area contributed by atoms with Crippen molar-refractivity contribution in [2.75, 3.05) is 6.54 Å². The first-order chi connectivity index (χ1) is 11.1. The number of aromatic nitrogens is 2. The molecular formula is C16H19ClN4O2. The lowest BCUT2D eigenvalue weighted by Crippen LogP contribution is -2.38.